The fraction of sp³-hybridized carbons (Fsp3) is 0.0870. The summed E-state index contributed by atoms with van der Waals surface area (Å²) in [7, 11) is 0. The predicted molar refractivity (Wildman–Crippen MR) is 105 cm³/mol. The van der Waals surface area contributed by atoms with Gasteiger partial charge in [-0.1, -0.05) is 12.1 Å². The number of benzene rings is 3. The number of nitriles is 3. The first-order valence-corrected chi connectivity index (χ1v) is 8.95. The highest BCUT2D eigenvalue weighted by Gasteiger charge is 2.29. The van der Waals surface area contributed by atoms with Crippen LogP contribution in [0.1, 0.15) is 16.7 Å². The first kappa shape index (κ1) is 22.0. The summed E-state index contributed by atoms with van der Waals surface area (Å²) in [6.07, 6.45) is -4.55. The third-order valence-corrected chi connectivity index (χ3v) is 3.92. The Kier molecular flexibility index (Phi) is 6.48. The molecule has 0 unspecified atom stereocenters. The number of alkyl halides is 3. The number of halogens is 3. The summed E-state index contributed by atoms with van der Waals surface area (Å²) >= 11 is 0. The molecule has 32 heavy (non-hydrogen) atoms. The molecule has 0 saturated carbocycles. The second-order valence-electron chi connectivity index (χ2n) is 6.29. The summed E-state index contributed by atoms with van der Waals surface area (Å²) in [5, 5.41) is 27.5. The van der Waals surface area contributed by atoms with E-state index in [9.17, 15) is 18.4 Å². The van der Waals surface area contributed by atoms with Crippen molar-refractivity contribution in [2.45, 2.75) is 6.18 Å². The van der Waals surface area contributed by atoms with Gasteiger partial charge in [0.25, 0.3) is 0 Å². The predicted octanol–water partition coefficient (Wildman–Crippen LogP) is 5.83. The van der Waals surface area contributed by atoms with E-state index in [1.54, 1.807) is 24.3 Å². The molecule has 0 fully saturated rings. The highest BCUT2D eigenvalue weighted by Crippen LogP contribution is 2.34. The van der Waals surface area contributed by atoms with Crippen LogP contribution in [-0.2, 0) is 0 Å². The number of ether oxygens (including phenoxy) is 3. The van der Waals surface area contributed by atoms with Gasteiger partial charge in [-0.3, -0.25) is 0 Å². The van der Waals surface area contributed by atoms with Crippen molar-refractivity contribution in [2.24, 2.45) is 0 Å². The van der Waals surface area contributed by atoms with Crippen LogP contribution in [0.2, 0.25) is 0 Å². The molecule has 0 amide bonds. The number of hydrogen-bond donors (Lipinski definition) is 0. The maximum Gasteiger partial charge on any atom is 0.422 e. The van der Waals surface area contributed by atoms with Crippen LogP contribution in [0.5, 0.6) is 28.7 Å². The Morgan fingerprint density at radius 3 is 1.88 bits per heavy atom. The van der Waals surface area contributed by atoms with Crippen molar-refractivity contribution in [3.05, 3.63) is 77.4 Å². The molecule has 0 radical (unpaired) electrons. The number of rotatable bonds is 6. The van der Waals surface area contributed by atoms with Gasteiger partial charge in [-0.2, -0.15) is 29.0 Å². The molecule has 0 saturated heterocycles. The molecular weight excluding hydrogens is 423 g/mol. The lowest BCUT2D eigenvalue weighted by molar-refractivity contribution is -0.153. The Balaban J connectivity index is 1.84. The second-order valence-corrected chi connectivity index (χ2v) is 6.29. The van der Waals surface area contributed by atoms with Gasteiger partial charge in [-0.25, -0.2) is 0 Å². The fourth-order valence-electron chi connectivity index (χ4n) is 2.64. The van der Waals surface area contributed by atoms with Crippen LogP contribution in [0, 0.1) is 34.0 Å². The molecule has 0 bridgehead atoms. The maximum absolute atomic E-state index is 12.5. The van der Waals surface area contributed by atoms with Crippen LogP contribution in [0.15, 0.2) is 60.7 Å². The first-order chi connectivity index (χ1) is 15.3. The molecular formula is C23H12F3N3O3. The lowest BCUT2D eigenvalue weighted by atomic mass is 10.1. The van der Waals surface area contributed by atoms with Gasteiger partial charge in [0.1, 0.15) is 40.4 Å². The van der Waals surface area contributed by atoms with Gasteiger partial charge in [0.2, 0.25) is 0 Å². The van der Waals surface area contributed by atoms with E-state index in [1.807, 2.05) is 12.1 Å². The van der Waals surface area contributed by atoms with Gasteiger partial charge in [-0.05, 0) is 42.5 Å². The number of hydrogen-bond acceptors (Lipinski definition) is 6. The third-order valence-electron chi connectivity index (χ3n) is 3.92. The summed E-state index contributed by atoms with van der Waals surface area (Å²) < 4.78 is 53.4. The van der Waals surface area contributed by atoms with E-state index in [2.05, 4.69) is 0 Å². The van der Waals surface area contributed by atoms with E-state index < -0.39 is 12.8 Å². The lowest BCUT2D eigenvalue weighted by Gasteiger charge is -2.14. The molecule has 3 rings (SSSR count). The smallest absolute Gasteiger partial charge is 0.422 e. The molecule has 0 N–H and O–H groups in total. The van der Waals surface area contributed by atoms with Gasteiger partial charge in [0.05, 0.1) is 23.3 Å². The summed E-state index contributed by atoms with van der Waals surface area (Å²) in [4.78, 5) is 0. The first-order valence-electron chi connectivity index (χ1n) is 8.95. The van der Waals surface area contributed by atoms with Crippen molar-refractivity contribution in [1.82, 2.24) is 0 Å². The Hall–Kier alpha value is -4.68. The molecule has 3 aromatic rings. The average Bonchev–Trinajstić information content (AvgIpc) is 2.77. The quantitative estimate of drug-likeness (QED) is 0.483. The SMILES string of the molecule is N#Cc1cc(C#N)cc(Oc2cccc(Oc3cccc(OCC(F)(F)F)c3C#N)c2)c1. The zero-order chi connectivity index (χ0) is 23.1. The van der Waals surface area contributed by atoms with Gasteiger partial charge >= 0.3 is 6.18 Å². The summed E-state index contributed by atoms with van der Waals surface area (Å²) in [5.41, 5.74) is 0.310. The van der Waals surface area contributed by atoms with Gasteiger partial charge < -0.3 is 14.2 Å². The normalized spacial score (nSPS) is 10.4. The van der Waals surface area contributed by atoms with Crippen LogP contribution in [0.3, 0.4) is 0 Å². The van der Waals surface area contributed by atoms with Gasteiger partial charge in [0.15, 0.2) is 6.61 Å². The topological polar surface area (TPSA) is 99.1 Å². The minimum atomic E-state index is -4.55. The molecule has 0 spiro atoms. The maximum atomic E-state index is 12.5. The highest BCUT2D eigenvalue weighted by atomic mass is 19.4. The Morgan fingerprint density at radius 2 is 1.28 bits per heavy atom. The van der Waals surface area contributed by atoms with E-state index in [4.69, 9.17) is 24.7 Å². The molecule has 158 valence electrons. The minimum Gasteiger partial charge on any atom is -0.483 e. The van der Waals surface area contributed by atoms with E-state index in [0.29, 0.717) is 5.75 Å². The van der Waals surface area contributed by atoms with E-state index in [0.717, 1.165) is 0 Å². The fourth-order valence-corrected chi connectivity index (χ4v) is 2.64. The molecule has 0 aliphatic heterocycles. The third kappa shape index (κ3) is 5.69. The molecule has 0 aliphatic rings. The average molecular weight is 435 g/mol. The number of nitrogens with zero attached hydrogens (tertiary/aromatic N) is 3. The molecule has 6 nitrogen and oxygen atoms in total. The van der Waals surface area contributed by atoms with Crippen LogP contribution in [0.25, 0.3) is 0 Å². The monoisotopic (exact) mass is 435 g/mol. The van der Waals surface area contributed by atoms with Crippen LogP contribution in [-0.4, -0.2) is 12.8 Å². The standard InChI is InChI=1S/C23H12F3N3O3/c24-23(25,26)14-30-21-5-2-6-22(20(21)13-29)32-18-4-1-3-17(10-18)31-19-8-15(11-27)7-16(9-19)12-28/h1-10H,14H2. The van der Waals surface area contributed by atoms with Crippen molar-refractivity contribution in [3.63, 3.8) is 0 Å². The van der Waals surface area contributed by atoms with Crippen molar-refractivity contribution < 1.29 is 27.4 Å². The van der Waals surface area contributed by atoms with E-state index >= 15 is 0 Å². The van der Waals surface area contributed by atoms with Crippen molar-refractivity contribution in [1.29, 1.82) is 15.8 Å². The largest absolute Gasteiger partial charge is 0.483 e. The zero-order valence-corrected chi connectivity index (χ0v) is 16.2. The summed E-state index contributed by atoms with van der Waals surface area (Å²) in [6, 6.07) is 20.3. The van der Waals surface area contributed by atoms with Gasteiger partial charge in [0, 0.05) is 6.07 Å². The second kappa shape index (κ2) is 9.42. The van der Waals surface area contributed by atoms with Crippen LogP contribution >= 0.6 is 0 Å². The zero-order valence-electron chi connectivity index (χ0n) is 16.2. The Bertz CT molecular complexity index is 1240. The molecule has 0 heterocycles. The van der Waals surface area contributed by atoms with Crippen molar-refractivity contribution in [2.75, 3.05) is 6.61 Å². The van der Waals surface area contributed by atoms with E-state index in [-0.39, 0.29) is 39.7 Å². The van der Waals surface area contributed by atoms with Crippen molar-refractivity contribution in [3.8, 4) is 47.0 Å². The Morgan fingerprint density at radius 1 is 0.688 bits per heavy atom. The molecule has 9 heteroatoms. The van der Waals surface area contributed by atoms with Crippen LogP contribution in [0.4, 0.5) is 13.2 Å². The molecule has 0 aliphatic carbocycles. The lowest BCUT2D eigenvalue weighted by Crippen LogP contribution is -2.19. The molecule has 0 atom stereocenters. The van der Waals surface area contributed by atoms with E-state index in [1.165, 1.54) is 42.5 Å². The molecule has 3 aromatic carbocycles. The highest BCUT2D eigenvalue weighted by molar-refractivity contribution is 5.54. The van der Waals surface area contributed by atoms with Gasteiger partial charge in [-0.15, -0.1) is 0 Å². The Labute approximate surface area is 180 Å². The summed E-state index contributed by atoms with van der Waals surface area (Å²) in [5.74, 6) is 0.557. The molecule has 0 aromatic heterocycles. The van der Waals surface area contributed by atoms with Crippen molar-refractivity contribution >= 4 is 0 Å². The van der Waals surface area contributed by atoms with Crippen LogP contribution < -0.4 is 14.2 Å². The minimum absolute atomic E-state index is 0.00238. The summed E-state index contributed by atoms with van der Waals surface area (Å²) in [6.45, 7) is -1.54.